The highest BCUT2D eigenvalue weighted by atomic mass is 16.7. The molecule has 0 radical (unpaired) electrons. The summed E-state index contributed by atoms with van der Waals surface area (Å²) in [5.41, 5.74) is 2.33. The highest BCUT2D eigenvalue weighted by Gasteiger charge is 2.24. The molecule has 0 bridgehead atoms. The first-order chi connectivity index (χ1) is 10.2. The van der Waals surface area contributed by atoms with Crippen LogP contribution in [0.3, 0.4) is 0 Å². The third-order valence-corrected chi connectivity index (χ3v) is 3.11. The second-order valence-corrected chi connectivity index (χ2v) is 4.45. The number of hydrogen-bond donors (Lipinski definition) is 1. The Balaban J connectivity index is 2.03. The van der Waals surface area contributed by atoms with Gasteiger partial charge in [-0.2, -0.15) is 0 Å². The SMILES string of the molecule is CON1c2ccccc2Oc2cc(/C=C\C(=O)O)ccc21. The van der Waals surface area contributed by atoms with Crippen molar-refractivity contribution in [3.63, 3.8) is 0 Å². The van der Waals surface area contributed by atoms with Gasteiger partial charge in [0.2, 0.25) is 0 Å². The van der Waals surface area contributed by atoms with Gasteiger partial charge in [0, 0.05) is 6.08 Å². The second-order valence-electron chi connectivity index (χ2n) is 4.45. The average molecular weight is 283 g/mol. The zero-order valence-corrected chi connectivity index (χ0v) is 11.3. The average Bonchev–Trinajstić information content (AvgIpc) is 2.50. The summed E-state index contributed by atoms with van der Waals surface area (Å²) < 4.78 is 5.85. The van der Waals surface area contributed by atoms with E-state index in [9.17, 15) is 4.79 Å². The minimum Gasteiger partial charge on any atom is -0.478 e. The van der Waals surface area contributed by atoms with Crippen LogP contribution in [0.2, 0.25) is 0 Å². The van der Waals surface area contributed by atoms with Crippen LogP contribution in [0.25, 0.3) is 6.08 Å². The van der Waals surface area contributed by atoms with E-state index in [1.807, 2.05) is 36.4 Å². The number of carbonyl (C=O) groups is 1. The first-order valence-electron chi connectivity index (χ1n) is 6.35. The van der Waals surface area contributed by atoms with Crippen molar-refractivity contribution in [2.75, 3.05) is 12.2 Å². The number of carboxylic acids is 1. The molecule has 0 saturated heterocycles. The summed E-state index contributed by atoms with van der Waals surface area (Å²) in [6, 6.07) is 13.0. The maximum absolute atomic E-state index is 10.6. The molecular formula is C16H13NO4. The third kappa shape index (κ3) is 2.46. The van der Waals surface area contributed by atoms with Gasteiger partial charge in [-0.25, -0.2) is 9.86 Å². The number of aliphatic carboxylic acids is 1. The van der Waals surface area contributed by atoms with Crippen LogP contribution in [0, 0.1) is 0 Å². The number of rotatable bonds is 3. The molecule has 1 N–H and O–H groups in total. The lowest BCUT2D eigenvalue weighted by molar-refractivity contribution is -0.131. The molecule has 0 aromatic heterocycles. The molecule has 21 heavy (non-hydrogen) atoms. The lowest BCUT2D eigenvalue weighted by atomic mass is 10.1. The lowest BCUT2D eigenvalue weighted by Crippen LogP contribution is -2.19. The van der Waals surface area contributed by atoms with Gasteiger partial charge in [0.25, 0.3) is 0 Å². The number of hydrogen-bond acceptors (Lipinski definition) is 4. The summed E-state index contributed by atoms with van der Waals surface area (Å²) >= 11 is 0. The van der Waals surface area contributed by atoms with E-state index < -0.39 is 5.97 Å². The Kier molecular flexibility index (Phi) is 3.33. The Labute approximate surface area is 121 Å². The predicted octanol–water partition coefficient (Wildman–Crippen LogP) is 3.59. The molecule has 0 aliphatic carbocycles. The molecule has 0 fully saturated rings. The van der Waals surface area contributed by atoms with Crippen molar-refractivity contribution < 1.29 is 19.5 Å². The number of benzene rings is 2. The van der Waals surface area contributed by atoms with Crippen molar-refractivity contribution in [3.05, 3.63) is 54.1 Å². The highest BCUT2D eigenvalue weighted by Crippen LogP contribution is 2.46. The molecule has 0 atom stereocenters. The lowest BCUT2D eigenvalue weighted by Gasteiger charge is -2.30. The summed E-state index contributed by atoms with van der Waals surface area (Å²) in [4.78, 5) is 16.0. The molecular weight excluding hydrogens is 270 g/mol. The van der Waals surface area contributed by atoms with E-state index in [0.29, 0.717) is 11.5 Å². The van der Waals surface area contributed by atoms with E-state index in [0.717, 1.165) is 23.0 Å². The Hall–Kier alpha value is -2.79. The molecule has 0 spiro atoms. The van der Waals surface area contributed by atoms with Crippen molar-refractivity contribution in [2.24, 2.45) is 0 Å². The van der Waals surface area contributed by atoms with Gasteiger partial charge < -0.3 is 9.84 Å². The van der Waals surface area contributed by atoms with Crippen molar-refractivity contribution in [1.82, 2.24) is 0 Å². The topological polar surface area (TPSA) is 59.0 Å². The normalized spacial score (nSPS) is 12.7. The van der Waals surface area contributed by atoms with E-state index in [1.165, 1.54) is 6.08 Å². The van der Waals surface area contributed by atoms with Crippen molar-refractivity contribution in [2.45, 2.75) is 0 Å². The summed E-state index contributed by atoms with van der Waals surface area (Å²) in [7, 11) is 1.59. The van der Waals surface area contributed by atoms with Crippen molar-refractivity contribution in [3.8, 4) is 11.5 Å². The van der Waals surface area contributed by atoms with Crippen LogP contribution in [0.4, 0.5) is 11.4 Å². The number of ether oxygens (including phenoxy) is 1. The monoisotopic (exact) mass is 283 g/mol. The maximum Gasteiger partial charge on any atom is 0.328 e. The van der Waals surface area contributed by atoms with E-state index in [4.69, 9.17) is 14.7 Å². The van der Waals surface area contributed by atoms with Crippen molar-refractivity contribution in [1.29, 1.82) is 0 Å². The predicted molar refractivity (Wildman–Crippen MR) is 78.8 cm³/mol. The van der Waals surface area contributed by atoms with Gasteiger partial charge in [0.15, 0.2) is 11.5 Å². The molecule has 1 aliphatic rings. The standard InChI is InChI=1S/C16H13NO4/c1-20-17-12-4-2-3-5-14(12)21-15-10-11(6-8-13(15)17)7-9-16(18)19/h2-10H,1H3,(H,18,19)/b9-7-. The molecule has 1 heterocycles. The van der Waals surface area contributed by atoms with Crippen molar-refractivity contribution >= 4 is 23.4 Å². The van der Waals surface area contributed by atoms with Gasteiger partial charge >= 0.3 is 5.97 Å². The van der Waals surface area contributed by atoms with Crippen LogP contribution >= 0.6 is 0 Å². The number of carboxylic acid groups (broad SMARTS) is 1. The van der Waals surface area contributed by atoms with Crippen LogP contribution < -0.4 is 9.80 Å². The highest BCUT2D eigenvalue weighted by molar-refractivity contribution is 5.86. The van der Waals surface area contributed by atoms with Crippen LogP contribution in [0.1, 0.15) is 5.56 Å². The number of anilines is 2. The van der Waals surface area contributed by atoms with E-state index in [1.54, 1.807) is 18.2 Å². The number of fused-ring (bicyclic) bond motifs is 2. The Morgan fingerprint density at radius 3 is 2.71 bits per heavy atom. The van der Waals surface area contributed by atoms with Gasteiger partial charge in [-0.05, 0) is 35.9 Å². The first-order valence-corrected chi connectivity index (χ1v) is 6.35. The summed E-state index contributed by atoms with van der Waals surface area (Å²) in [5, 5.41) is 10.4. The summed E-state index contributed by atoms with van der Waals surface area (Å²) in [6.45, 7) is 0. The van der Waals surface area contributed by atoms with E-state index >= 15 is 0 Å². The van der Waals surface area contributed by atoms with E-state index in [2.05, 4.69) is 0 Å². The summed E-state index contributed by atoms with van der Waals surface area (Å²) in [6.07, 6.45) is 2.61. The zero-order chi connectivity index (χ0) is 14.8. The first kappa shape index (κ1) is 13.2. The molecule has 0 amide bonds. The molecule has 0 unspecified atom stereocenters. The molecule has 5 nitrogen and oxygen atoms in total. The minimum atomic E-state index is -0.988. The molecule has 5 heteroatoms. The zero-order valence-electron chi connectivity index (χ0n) is 11.3. The molecule has 3 rings (SSSR count). The molecule has 1 aliphatic heterocycles. The molecule has 2 aromatic rings. The van der Waals surface area contributed by atoms with Crippen LogP contribution in [-0.2, 0) is 9.63 Å². The van der Waals surface area contributed by atoms with Gasteiger partial charge in [-0.1, -0.05) is 18.2 Å². The largest absolute Gasteiger partial charge is 0.478 e. The van der Waals surface area contributed by atoms with Crippen LogP contribution in [0.15, 0.2) is 48.5 Å². The Morgan fingerprint density at radius 2 is 1.95 bits per heavy atom. The van der Waals surface area contributed by atoms with Gasteiger partial charge in [0.1, 0.15) is 11.4 Å². The molecule has 106 valence electrons. The van der Waals surface area contributed by atoms with Gasteiger partial charge in [-0.15, -0.1) is 0 Å². The number of nitrogens with zero attached hydrogens (tertiary/aromatic N) is 1. The molecule has 2 aromatic carbocycles. The Morgan fingerprint density at radius 1 is 1.19 bits per heavy atom. The maximum atomic E-state index is 10.6. The fourth-order valence-corrected chi connectivity index (χ4v) is 2.21. The van der Waals surface area contributed by atoms with Crippen LogP contribution in [-0.4, -0.2) is 18.2 Å². The van der Waals surface area contributed by atoms with Crippen LogP contribution in [0.5, 0.6) is 11.5 Å². The van der Waals surface area contributed by atoms with E-state index in [-0.39, 0.29) is 0 Å². The fourth-order valence-electron chi connectivity index (χ4n) is 2.21. The quantitative estimate of drug-likeness (QED) is 0.872. The smallest absolute Gasteiger partial charge is 0.328 e. The second kappa shape index (κ2) is 5.30. The Bertz CT molecular complexity index is 724. The van der Waals surface area contributed by atoms with Gasteiger partial charge in [-0.3, -0.25) is 4.84 Å². The fraction of sp³-hybridized carbons (Fsp3) is 0.0625. The third-order valence-electron chi connectivity index (χ3n) is 3.11. The summed E-state index contributed by atoms with van der Waals surface area (Å²) in [5.74, 6) is 0.312. The van der Waals surface area contributed by atoms with Gasteiger partial charge in [0.05, 0.1) is 7.11 Å². The molecule has 0 saturated carbocycles. The minimum absolute atomic E-state index is 0.614. The number of para-hydroxylation sites is 2.